The first kappa shape index (κ1) is 12.8. The fourth-order valence-corrected chi connectivity index (χ4v) is 2.37. The van der Waals surface area contributed by atoms with Crippen molar-refractivity contribution < 1.29 is 4.74 Å². The summed E-state index contributed by atoms with van der Waals surface area (Å²) in [4.78, 5) is 0. The van der Waals surface area contributed by atoms with Gasteiger partial charge in [0.05, 0.1) is 7.11 Å². The van der Waals surface area contributed by atoms with Gasteiger partial charge in [-0.15, -0.1) is 10.2 Å². The topological polar surface area (TPSA) is 47.0 Å². The third-order valence-electron chi connectivity index (χ3n) is 2.67. The third kappa shape index (κ3) is 2.98. The standard InChI is InChI=1S/C13H17N3OS/c1-4-12-15-16-13(18-12)14-8-10-5-6-11(17-3)9(2)7-10/h5-7H,4,8H2,1-3H3,(H,14,16). The Morgan fingerprint density at radius 2 is 2.17 bits per heavy atom. The van der Waals surface area contributed by atoms with E-state index in [-0.39, 0.29) is 0 Å². The molecule has 0 aliphatic rings. The van der Waals surface area contributed by atoms with Crippen LogP contribution in [0.25, 0.3) is 0 Å². The van der Waals surface area contributed by atoms with E-state index in [9.17, 15) is 0 Å². The van der Waals surface area contributed by atoms with Crippen molar-refractivity contribution in [3.63, 3.8) is 0 Å². The molecule has 0 fully saturated rings. The van der Waals surface area contributed by atoms with Crippen LogP contribution in [0.3, 0.4) is 0 Å². The lowest BCUT2D eigenvalue weighted by molar-refractivity contribution is 0.411. The molecular formula is C13H17N3OS. The smallest absolute Gasteiger partial charge is 0.205 e. The van der Waals surface area contributed by atoms with Crippen molar-refractivity contribution in [2.75, 3.05) is 12.4 Å². The second kappa shape index (κ2) is 5.82. The van der Waals surface area contributed by atoms with Crippen LogP contribution in [-0.4, -0.2) is 17.3 Å². The maximum Gasteiger partial charge on any atom is 0.205 e. The first-order valence-electron chi connectivity index (χ1n) is 5.92. The molecule has 96 valence electrons. The molecule has 0 saturated heterocycles. The molecule has 2 rings (SSSR count). The molecule has 5 heteroatoms. The van der Waals surface area contributed by atoms with Crippen LogP contribution in [0.2, 0.25) is 0 Å². The van der Waals surface area contributed by atoms with Crippen LogP contribution < -0.4 is 10.1 Å². The minimum Gasteiger partial charge on any atom is -0.496 e. The van der Waals surface area contributed by atoms with E-state index in [1.54, 1.807) is 18.4 Å². The van der Waals surface area contributed by atoms with Gasteiger partial charge in [0, 0.05) is 6.54 Å². The SMILES string of the molecule is CCc1nnc(NCc2ccc(OC)c(C)c2)s1. The van der Waals surface area contributed by atoms with Crippen molar-refractivity contribution in [3.05, 3.63) is 34.3 Å². The molecule has 2 aromatic rings. The highest BCUT2D eigenvalue weighted by Crippen LogP contribution is 2.20. The third-order valence-corrected chi connectivity index (χ3v) is 3.70. The number of rotatable bonds is 5. The zero-order chi connectivity index (χ0) is 13.0. The van der Waals surface area contributed by atoms with E-state index in [1.165, 1.54) is 5.56 Å². The Bertz CT molecular complexity index is 525. The molecule has 0 bridgehead atoms. The van der Waals surface area contributed by atoms with E-state index < -0.39 is 0 Å². The summed E-state index contributed by atoms with van der Waals surface area (Å²) in [5, 5.41) is 13.4. The molecule has 0 aliphatic heterocycles. The summed E-state index contributed by atoms with van der Waals surface area (Å²) < 4.78 is 5.24. The summed E-state index contributed by atoms with van der Waals surface area (Å²) in [5.74, 6) is 0.919. The highest BCUT2D eigenvalue weighted by atomic mass is 32.1. The van der Waals surface area contributed by atoms with Crippen LogP contribution in [0, 0.1) is 6.92 Å². The average molecular weight is 263 g/mol. The van der Waals surface area contributed by atoms with Crippen molar-refractivity contribution in [2.45, 2.75) is 26.8 Å². The molecule has 0 amide bonds. The van der Waals surface area contributed by atoms with Gasteiger partial charge in [0.25, 0.3) is 0 Å². The Labute approximate surface area is 111 Å². The van der Waals surface area contributed by atoms with E-state index in [2.05, 4.69) is 34.6 Å². The number of hydrogen-bond acceptors (Lipinski definition) is 5. The normalized spacial score (nSPS) is 10.4. The summed E-state index contributed by atoms with van der Waals surface area (Å²) in [7, 11) is 1.69. The lowest BCUT2D eigenvalue weighted by atomic mass is 10.1. The summed E-state index contributed by atoms with van der Waals surface area (Å²) >= 11 is 1.61. The molecule has 0 saturated carbocycles. The second-order valence-electron chi connectivity index (χ2n) is 4.01. The van der Waals surface area contributed by atoms with E-state index in [1.807, 2.05) is 13.0 Å². The molecule has 0 spiro atoms. The molecule has 1 N–H and O–H groups in total. The first-order chi connectivity index (χ1) is 8.72. The van der Waals surface area contributed by atoms with E-state index >= 15 is 0 Å². The van der Waals surface area contributed by atoms with E-state index in [0.717, 1.165) is 34.4 Å². The van der Waals surface area contributed by atoms with Crippen LogP contribution in [-0.2, 0) is 13.0 Å². The van der Waals surface area contributed by atoms with Gasteiger partial charge < -0.3 is 10.1 Å². The Balaban J connectivity index is 1.99. The lowest BCUT2D eigenvalue weighted by Gasteiger charge is -2.07. The number of benzene rings is 1. The number of nitrogens with zero attached hydrogens (tertiary/aromatic N) is 2. The molecular weight excluding hydrogens is 246 g/mol. The Morgan fingerprint density at radius 1 is 1.33 bits per heavy atom. The van der Waals surface area contributed by atoms with Gasteiger partial charge in [-0.25, -0.2) is 0 Å². The molecule has 18 heavy (non-hydrogen) atoms. The minimum absolute atomic E-state index is 0.753. The van der Waals surface area contributed by atoms with Gasteiger partial charge in [-0.05, 0) is 30.5 Å². The van der Waals surface area contributed by atoms with Crippen LogP contribution in [0.1, 0.15) is 23.1 Å². The molecule has 1 heterocycles. The maximum atomic E-state index is 5.24. The predicted octanol–water partition coefficient (Wildman–Crippen LogP) is 3.03. The van der Waals surface area contributed by atoms with E-state index in [0.29, 0.717) is 0 Å². The number of aromatic nitrogens is 2. The lowest BCUT2D eigenvalue weighted by Crippen LogP contribution is -1.99. The van der Waals surface area contributed by atoms with Crippen LogP contribution in [0.4, 0.5) is 5.13 Å². The Kier molecular flexibility index (Phi) is 4.15. The fraction of sp³-hybridized carbons (Fsp3) is 0.385. The molecule has 1 aromatic carbocycles. The molecule has 1 aromatic heterocycles. The van der Waals surface area contributed by atoms with Gasteiger partial charge in [0.2, 0.25) is 5.13 Å². The molecule has 0 unspecified atom stereocenters. The molecule has 0 aliphatic carbocycles. The largest absolute Gasteiger partial charge is 0.496 e. The number of aryl methyl sites for hydroxylation is 2. The van der Waals surface area contributed by atoms with Gasteiger partial charge >= 0.3 is 0 Å². The summed E-state index contributed by atoms with van der Waals surface area (Å²) in [6.07, 6.45) is 0.932. The fourth-order valence-electron chi connectivity index (χ4n) is 1.70. The van der Waals surface area contributed by atoms with Gasteiger partial charge in [-0.1, -0.05) is 30.4 Å². The van der Waals surface area contributed by atoms with Crippen molar-refractivity contribution in [1.82, 2.24) is 10.2 Å². The van der Waals surface area contributed by atoms with Gasteiger partial charge in [-0.2, -0.15) is 0 Å². The average Bonchev–Trinajstić information content (AvgIpc) is 2.84. The highest BCUT2D eigenvalue weighted by molar-refractivity contribution is 7.15. The van der Waals surface area contributed by atoms with Crippen molar-refractivity contribution >= 4 is 16.5 Å². The van der Waals surface area contributed by atoms with Crippen molar-refractivity contribution in [3.8, 4) is 5.75 Å². The monoisotopic (exact) mass is 263 g/mol. The first-order valence-corrected chi connectivity index (χ1v) is 6.74. The van der Waals surface area contributed by atoms with E-state index in [4.69, 9.17) is 4.74 Å². The number of methoxy groups -OCH3 is 1. The van der Waals surface area contributed by atoms with Crippen LogP contribution >= 0.6 is 11.3 Å². The summed E-state index contributed by atoms with van der Waals surface area (Å²) in [5.41, 5.74) is 2.35. The number of nitrogens with one attached hydrogen (secondary N) is 1. The second-order valence-corrected chi connectivity index (χ2v) is 5.07. The van der Waals surface area contributed by atoms with Crippen molar-refractivity contribution in [2.24, 2.45) is 0 Å². The predicted molar refractivity (Wildman–Crippen MR) is 74.3 cm³/mol. The zero-order valence-corrected chi connectivity index (χ0v) is 11.7. The molecule has 4 nitrogen and oxygen atoms in total. The summed E-state index contributed by atoms with van der Waals surface area (Å²) in [6, 6.07) is 6.16. The number of anilines is 1. The number of ether oxygens (including phenoxy) is 1. The zero-order valence-electron chi connectivity index (χ0n) is 10.9. The quantitative estimate of drug-likeness (QED) is 0.900. The van der Waals surface area contributed by atoms with Gasteiger partial charge in [0.15, 0.2) is 0 Å². The summed E-state index contributed by atoms with van der Waals surface area (Å²) in [6.45, 7) is 4.88. The molecule has 0 radical (unpaired) electrons. The van der Waals surface area contributed by atoms with Gasteiger partial charge in [-0.3, -0.25) is 0 Å². The van der Waals surface area contributed by atoms with Crippen molar-refractivity contribution in [1.29, 1.82) is 0 Å². The van der Waals surface area contributed by atoms with Crippen LogP contribution in [0.5, 0.6) is 5.75 Å². The van der Waals surface area contributed by atoms with Crippen LogP contribution in [0.15, 0.2) is 18.2 Å². The van der Waals surface area contributed by atoms with Gasteiger partial charge in [0.1, 0.15) is 10.8 Å². The number of hydrogen-bond donors (Lipinski definition) is 1. The highest BCUT2D eigenvalue weighted by Gasteiger charge is 2.03. The Morgan fingerprint density at radius 3 is 2.78 bits per heavy atom. The minimum atomic E-state index is 0.753. The maximum absolute atomic E-state index is 5.24. The molecule has 0 atom stereocenters. The Hall–Kier alpha value is -1.62.